The van der Waals surface area contributed by atoms with Crippen LogP contribution in [0.3, 0.4) is 0 Å². The molecule has 1 fully saturated rings. The van der Waals surface area contributed by atoms with Crippen molar-refractivity contribution in [2.75, 3.05) is 13.1 Å². The summed E-state index contributed by atoms with van der Waals surface area (Å²) in [7, 11) is 0. The van der Waals surface area contributed by atoms with Gasteiger partial charge in [0.25, 0.3) is 0 Å². The minimum Gasteiger partial charge on any atom is -0.351 e. The van der Waals surface area contributed by atoms with Crippen molar-refractivity contribution in [3.05, 3.63) is 48.3 Å². The quantitative estimate of drug-likeness (QED) is 0.880. The highest BCUT2D eigenvalue weighted by molar-refractivity contribution is 5.78. The van der Waals surface area contributed by atoms with Gasteiger partial charge in [0, 0.05) is 31.3 Å². The number of aromatic amines is 1. The molecular formula is C16H21N5O. The Morgan fingerprint density at radius 3 is 3.14 bits per heavy atom. The number of likely N-dealkylation sites (tertiary alicyclic amines) is 1. The van der Waals surface area contributed by atoms with Gasteiger partial charge < -0.3 is 10.3 Å². The smallest absolute Gasteiger partial charge is 0.234 e. The van der Waals surface area contributed by atoms with Crippen molar-refractivity contribution < 1.29 is 4.79 Å². The van der Waals surface area contributed by atoms with E-state index in [-0.39, 0.29) is 11.9 Å². The Morgan fingerprint density at radius 1 is 1.41 bits per heavy atom. The molecule has 0 saturated carbocycles. The van der Waals surface area contributed by atoms with Crippen LogP contribution in [0.2, 0.25) is 0 Å². The van der Waals surface area contributed by atoms with Gasteiger partial charge >= 0.3 is 0 Å². The standard InChI is InChI=1S/C16H21N5O/c22-15(20-11-13-4-3-6-17-10-13)12-21-9-2-1-5-14(21)16-18-7-8-19-16/h3-4,6-8,10,14H,1-2,5,9,11-12H2,(H,18,19)(H,20,22)/t14-/m0/s1. The van der Waals surface area contributed by atoms with Gasteiger partial charge in [0.1, 0.15) is 5.82 Å². The molecular weight excluding hydrogens is 278 g/mol. The summed E-state index contributed by atoms with van der Waals surface area (Å²) in [6, 6.07) is 4.05. The van der Waals surface area contributed by atoms with Gasteiger partial charge in [0.05, 0.1) is 12.6 Å². The molecule has 6 heteroatoms. The molecule has 22 heavy (non-hydrogen) atoms. The second kappa shape index (κ2) is 7.17. The van der Waals surface area contributed by atoms with Crippen molar-refractivity contribution in [1.29, 1.82) is 0 Å². The van der Waals surface area contributed by atoms with E-state index in [9.17, 15) is 4.79 Å². The lowest BCUT2D eigenvalue weighted by Crippen LogP contribution is -2.41. The normalized spacial score (nSPS) is 19.0. The number of nitrogens with zero attached hydrogens (tertiary/aromatic N) is 3. The van der Waals surface area contributed by atoms with Gasteiger partial charge in [-0.25, -0.2) is 4.98 Å². The molecule has 0 bridgehead atoms. The van der Waals surface area contributed by atoms with Gasteiger partial charge in [-0.1, -0.05) is 12.5 Å². The first kappa shape index (κ1) is 14.7. The minimum absolute atomic E-state index is 0.0438. The summed E-state index contributed by atoms with van der Waals surface area (Å²) in [5, 5.41) is 2.96. The van der Waals surface area contributed by atoms with Gasteiger partial charge in [-0.05, 0) is 31.0 Å². The number of hydrogen-bond acceptors (Lipinski definition) is 4. The number of pyridine rings is 1. The maximum absolute atomic E-state index is 12.2. The Balaban J connectivity index is 1.55. The van der Waals surface area contributed by atoms with E-state index in [1.165, 1.54) is 6.42 Å². The molecule has 1 aliphatic heterocycles. The predicted octanol–water partition coefficient (Wildman–Crippen LogP) is 1.65. The van der Waals surface area contributed by atoms with E-state index in [2.05, 4.69) is 25.2 Å². The largest absolute Gasteiger partial charge is 0.351 e. The monoisotopic (exact) mass is 299 g/mol. The van der Waals surface area contributed by atoms with Gasteiger partial charge in [-0.3, -0.25) is 14.7 Å². The van der Waals surface area contributed by atoms with E-state index in [4.69, 9.17) is 0 Å². The van der Waals surface area contributed by atoms with E-state index < -0.39 is 0 Å². The third-order valence-electron chi connectivity index (χ3n) is 4.01. The topological polar surface area (TPSA) is 73.9 Å². The van der Waals surface area contributed by atoms with Crippen molar-refractivity contribution >= 4 is 5.91 Å². The molecule has 2 aromatic rings. The fraction of sp³-hybridized carbons (Fsp3) is 0.438. The summed E-state index contributed by atoms with van der Waals surface area (Å²) in [5.74, 6) is 1.00. The fourth-order valence-electron chi connectivity index (χ4n) is 2.89. The maximum atomic E-state index is 12.2. The first-order chi connectivity index (χ1) is 10.8. The van der Waals surface area contributed by atoms with Gasteiger partial charge in [0.15, 0.2) is 0 Å². The number of carbonyl (C=O) groups excluding carboxylic acids is 1. The summed E-state index contributed by atoms with van der Waals surface area (Å²) in [4.78, 5) is 26.0. The predicted molar refractivity (Wildman–Crippen MR) is 82.8 cm³/mol. The van der Waals surface area contributed by atoms with E-state index in [1.54, 1.807) is 18.6 Å². The summed E-state index contributed by atoms with van der Waals surface area (Å²) in [6.07, 6.45) is 10.5. The average molecular weight is 299 g/mol. The third-order valence-corrected chi connectivity index (χ3v) is 4.01. The molecule has 1 amide bonds. The zero-order valence-electron chi connectivity index (χ0n) is 12.5. The van der Waals surface area contributed by atoms with Crippen LogP contribution in [-0.4, -0.2) is 38.8 Å². The summed E-state index contributed by atoms with van der Waals surface area (Å²) >= 11 is 0. The number of nitrogens with one attached hydrogen (secondary N) is 2. The molecule has 2 aromatic heterocycles. The summed E-state index contributed by atoms with van der Waals surface area (Å²) in [5.41, 5.74) is 1.01. The number of aromatic nitrogens is 3. The van der Waals surface area contributed by atoms with E-state index in [0.29, 0.717) is 13.1 Å². The van der Waals surface area contributed by atoms with E-state index in [1.807, 2.05) is 18.3 Å². The molecule has 1 aliphatic rings. The highest BCUT2D eigenvalue weighted by atomic mass is 16.2. The highest BCUT2D eigenvalue weighted by Crippen LogP contribution is 2.28. The lowest BCUT2D eigenvalue weighted by molar-refractivity contribution is -0.123. The lowest BCUT2D eigenvalue weighted by atomic mass is 10.0. The van der Waals surface area contributed by atoms with Crippen molar-refractivity contribution in [1.82, 2.24) is 25.2 Å². The Hall–Kier alpha value is -2.21. The van der Waals surface area contributed by atoms with Crippen molar-refractivity contribution in [2.45, 2.75) is 31.8 Å². The molecule has 2 N–H and O–H groups in total. The molecule has 1 saturated heterocycles. The molecule has 0 radical (unpaired) electrons. The molecule has 0 aromatic carbocycles. The molecule has 3 heterocycles. The second-order valence-corrected chi connectivity index (χ2v) is 5.59. The highest BCUT2D eigenvalue weighted by Gasteiger charge is 2.27. The van der Waals surface area contributed by atoms with Crippen LogP contribution in [0.5, 0.6) is 0 Å². The van der Waals surface area contributed by atoms with Crippen LogP contribution in [0.4, 0.5) is 0 Å². The van der Waals surface area contributed by atoms with Crippen LogP contribution >= 0.6 is 0 Å². The van der Waals surface area contributed by atoms with Gasteiger partial charge in [0.2, 0.25) is 5.91 Å². The van der Waals surface area contributed by atoms with Crippen LogP contribution in [0.25, 0.3) is 0 Å². The van der Waals surface area contributed by atoms with Crippen LogP contribution in [-0.2, 0) is 11.3 Å². The van der Waals surface area contributed by atoms with E-state index in [0.717, 1.165) is 30.8 Å². The molecule has 0 unspecified atom stereocenters. The number of piperidine rings is 1. The fourth-order valence-corrected chi connectivity index (χ4v) is 2.89. The minimum atomic E-state index is 0.0438. The average Bonchev–Trinajstić information content (AvgIpc) is 3.09. The van der Waals surface area contributed by atoms with Crippen LogP contribution in [0.15, 0.2) is 36.9 Å². The molecule has 0 aliphatic carbocycles. The van der Waals surface area contributed by atoms with Gasteiger partial charge in [-0.2, -0.15) is 0 Å². The van der Waals surface area contributed by atoms with Crippen molar-refractivity contribution in [3.8, 4) is 0 Å². The maximum Gasteiger partial charge on any atom is 0.234 e. The Morgan fingerprint density at radius 2 is 2.36 bits per heavy atom. The SMILES string of the molecule is O=C(CN1CCCC[C@H]1c1ncc[nH]1)NCc1cccnc1. The first-order valence-electron chi connectivity index (χ1n) is 7.72. The van der Waals surface area contributed by atoms with Gasteiger partial charge in [-0.15, -0.1) is 0 Å². The first-order valence-corrected chi connectivity index (χ1v) is 7.72. The summed E-state index contributed by atoms with van der Waals surface area (Å²) in [6.45, 7) is 1.86. The lowest BCUT2D eigenvalue weighted by Gasteiger charge is -2.33. The Kier molecular flexibility index (Phi) is 4.80. The Labute approximate surface area is 130 Å². The Bertz CT molecular complexity index is 584. The number of rotatable bonds is 5. The molecule has 3 rings (SSSR count). The zero-order valence-corrected chi connectivity index (χ0v) is 12.5. The van der Waals surface area contributed by atoms with Crippen LogP contribution in [0.1, 0.15) is 36.7 Å². The summed E-state index contributed by atoms with van der Waals surface area (Å²) < 4.78 is 0. The van der Waals surface area contributed by atoms with E-state index >= 15 is 0 Å². The number of hydrogen-bond donors (Lipinski definition) is 2. The van der Waals surface area contributed by atoms with Crippen molar-refractivity contribution in [3.63, 3.8) is 0 Å². The van der Waals surface area contributed by atoms with Crippen LogP contribution < -0.4 is 5.32 Å². The number of carbonyl (C=O) groups is 1. The third kappa shape index (κ3) is 3.71. The molecule has 0 spiro atoms. The molecule has 116 valence electrons. The van der Waals surface area contributed by atoms with Crippen LogP contribution in [0, 0.1) is 0 Å². The number of amides is 1. The molecule has 6 nitrogen and oxygen atoms in total. The number of imidazole rings is 1. The zero-order chi connectivity index (χ0) is 15.2. The number of H-pyrrole nitrogens is 1. The van der Waals surface area contributed by atoms with Crippen molar-refractivity contribution in [2.24, 2.45) is 0 Å². The second-order valence-electron chi connectivity index (χ2n) is 5.59. The molecule has 1 atom stereocenters.